The third-order valence-corrected chi connectivity index (χ3v) is 5.04. The fraction of sp³-hybridized carbons (Fsp3) is 0.500. The maximum absolute atomic E-state index is 11.8. The van der Waals surface area contributed by atoms with Crippen LogP contribution in [0.1, 0.15) is 57.2 Å². The molecule has 3 nitrogen and oxygen atoms in total. The summed E-state index contributed by atoms with van der Waals surface area (Å²) in [5, 5.41) is 0. The van der Waals surface area contributed by atoms with Crippen molar-refractivity contribution < 1.29 is 0 Å². The number of nitrogens with two attached hydrogens (primary N) is 1. The van der Waals surface area contributed by atoms with Gasteiger partial charge in [-0.25, -0.2) is 0 Å². The number of hydrogen-bond acceptors (Lipinski definition) is 2. The van der Waals surface area contributed by atoms with E-state index in [9.17, 15) is 4.79 Å². The van der Waals surface area contributed by atoms with Crippen LogP contribution in [0.3, 0.4) is 0 Å². The second kappa shape index (κ2) is 4.99. The highest BCUT2D eigenvalue weighted by Crippen LogP contribution is 2.53. The normalized spacial score (nSPS) is 32.8. The summed E-state index contributed by atoms with van der Waals surface area (Å²) in [6.45, 7) is 6.44. The Morgan fingerprint density at radius 2 is 2.24 bits per heavy atom. The molecule has 3 heteroatoms. The van der Waals surface area contributed by atoms with Crippen molar-refractivity contribution in [3.8, 4) is 0 Å². The summed E-state index contributed by atoms with van der Waals surface area (Å²) in [7, 11) is 0. The van der Waals surface area contributed by atoms with E-state index < -0.39 is 5.54 Å². The molecule has 0 aromatic carbocycles. The number of pyridine rings is 1. The number of fused-ring (bicyclic) bond motifs is 4. The van der Waals surface area contributed by atoms with Gasteiger partial charge >= 0.3 is 0 Å². The van der Waals surface area contributed by atoms with Gasteiger partial charge in [0.15, 0.2) is 0 Å². The fourth-order valence-corrected chi connectivity index (χ4v) is 4.31. The predicted octanol–water partition coefficient (Wildman–Crippen LogP) is 3.34. The zero-order valence-corrected chi connectivity index (χ0v) is 13.1. The lowest BCUT2D eigenvalue weighted by Crippen LogP contribution is -2.49. The van der Waals surface area contributed by atoms with Crippen LogP contribution in [0.5, 0.6) is 0 Å². The largest absolute Gasteiger partial charge is 0.326 e. The minimum atomic E-state index is -0.456. The summed E-state index contributed by atoms with van der Waals surface area (Å²) in [5.41, 5.74) is 11.2. The molecule has 1 aromatic rings. The Morgan fingerprint density at radius 3 is 2.90 bits per heavy atom. The van der Waals surface area contributed by atoms with E-state index in [0.29, 0.717) is 11.8 Å². The maximum atomic E-state index is 11.8. The van der Waals surface area contributed by atoms with Gasteiger partial charge in [0, 0.05) is 23.6 Å². The third kappa shape index (κ3) is 2.03. The van der Waals surface area contributed by atoms with Crippen LogP contribution in [0.25, 0.3) is 0 Å². The van der Waals surface area contributed by atoms with Crippen molar-refractivity contribution in [3.05, 3.63) is 57.0 Å². The topological polar surface area (TPSA) is 58.9 Å². The number of rotatable bonds is 2. The van der Waals surface area contributed by atoms with Gasteiger partial charge in [0.1, 0.15) is 0 Å². The molecule has 112 valence electrons. The second-order valence-electron chi connectivity index (χ2n) is 6.48. The van der Waals surface area contributed by atoms with Gasteiger partial charge in [-0.05, 0) is 43.9 Å². The smallest absolute Gasteiger partial charge is 0.248 e. The van der Waals surface area contributed by atoms with Crippen molar-refractivity contribution in [3.63, 3.8) is 0 Å². The van der Waals surface area contributed by atoms with Crippen LogP contribution in [-0.2, 0) is 5.54 Å². The van der Waals surface area contributed by atoms with Gasteiger partial charge in [0.2, 0.25) is 5.56 Å². The molecule has 3 rings (SSSR count). The summed E-state index contributed by atoms with van der Waals surface area (Å²) in [6.07, 6.45) is 7.54. The monoisotopic (exact) mass is 284 g/mol. The minimum absolute atomic E-state index is 0.0267. The van der Waals surface area contributed by atoms with E-state index >= 15 is 0 Å². The van der Waals surface area contributed by atoms with E-state index in [1.165, 1.54) is 11.1 Å². The first kappa shape index (κ1) is 14.3. The SMILES string of the molecule is C/C=C1\[C@H]2C=C(C)C[C@]1(N)c1ccc(=O)[nH]c1[C@@H]2CCC. The van der Waals surface area contributed by atoms with E-state index in [0.717, 1.165) is 30.5 Å². The highest BCUT2D eigenvalue weighted by atomic mass is 16.1. The van der Waals surface area contributed by atoms with E-state index in [4.69, 9.17) is 5.73 Å². The lowest BCUT2D eigenvalue weighted by Gasteiger charge is -2.48. The summed E-state index contributed by atoms with van der Waals surface area (Å²) in [4.78, 5) is 14.9. The summed E-state index contributed by atoms with van der Waals surface area (Å²) in [5.74, 6) is 0.649. The lowest BCUT2D eigenvalue weighted by molar-refractivity contribution is 0.353. The van der Waals surface area contributed by atoms with Crippen LogP contribution in [0, 0.1) is 5.92 Å². The molecule has 0 amide bonds. The number of aromatic nitrogens is 1. The molecule has 0 unspecified atom stereocenters. The number of nitrogens with one attached hydrogen (secondary N) is 1. The molecule has 0 saturated heterocycles. The summed E-state index contributed by atoms with van der Waals surface area (Å²) in [6, 6.07) is 3.55. The maximum Gasteiger partial charge on any atom is 0.248 e. The van der Waals surface area contributed by atoms with Crippen molar-refractivity contribution in [1.82, 2.24) is 4.98 Å². The van der Waals surface area contributed by atoms with Gasteiger partial charge in [0.25, 0.3) is 0 Å². The zero-order chi connectivity index (χ0) is 15.2. The molecule has 0 aliphatic heterocycles. The highest BCUT2D eigenvalue weighted by molar-refractivity contribution is 5.51. The molecule has 0 fully saturated rings. The summed E-state index contributed by atoms with van der Waals surface area (Å²) < 4.78 is 0. The standard InChI is InChI=1S/C18H24N2O/c1-4-6-12-13-9-11(3)10-18(19,14(13)5-2)15-7-8-16(21)20-17(12)15/h5,7-9,12-13H,4,6,10,19H2,1-3H3,(H,20,21)/b14-5+/t12-,13+,18-/m1/s1. The highest BCUT2D eigenvalue weighted by Gasteiger charge is 2.47. The third-order valence-electron chi connectivity index (χ3n) is 5.04. The molecular weight excluding hydrogens is 260 g/mol. The predicted molar refractivity (Wildman–Crippen MR) is 86.2 cm³/mol. The first-order chi connectivity index (χ1) is 10.0. The Labute approximate surface area is 126 Å². The number of aromatic amines is 1. The quantitative estimate of drug-likeness (QED) is 0.818. The van der Waals surface area contributed by atoms with Crippen molar-refractivity contribution in [1.29, 1.82) is 0 Å². The molecule has 21 heavy (non-hydrogen) atoms. The van der Waals surface area contributed by atoms with E-state index in [1.807, 2.05) is 6.07 Å². The van der Waals surface area contributed by atoms with Gasteiger partial charge in [-0.15, -0.1) is 0 Å². The molecule has 2 aliphatic rings. The number of H-pyrrole nitrogens is 1. The molecule has 1 aromatic heterocycles. The van der Waals surface area contributed by atoms with Crippen molar-refractivity contribution in [2.45, 2.75) is 51.5 Å². The number of allylic oxidation sites excluding steroid dienone is 2. The minimum Gasteiger partial charge on any atom is -0.326 e. The Hall–Kier alpha value is -1.61. The Kier molecular flexibility index (Phi) is 3.40. The molecule has 2 aliphatic carbocycles. The molecule has 1 heterocycles. The summed E-state index contributed by atoms with van der Waals surface area (Å²) >= 11 is 0. The van der Waals surface area contributed by atoms with Gasteiger partial charge < -0.3 is 10.7 Å². The first-order valence-electron chi connectivity index (χ1n) is 7.87. The van der Waals surface area contributed by atoms with Crippen LogP contribution >= 0.6 is 0 Å². The molecule has 0 saturated carbocycles. The molecular formula is C18H24N2O. The van der Waals surface area contributed by atoms with Crippen LogP contribution in [0.4, 0.5) is 0 Å². The average molecular weight is 284 g/mol. The van der Waals surface area contributed by atoms with Crippen molar-refractivity contribution in [2.24, 2.45) is 11.7 Å². The second-order valence-corrected chi connectivity index (χ2v) is 6.48. The molecule has 0 radical (unpaired) electrons. The van der Waals surface area contributed by atoms with Crippen LogP contribution in [0.15, 0.2) is 40.2 Å². The first-order valence-corrected chi connectivity index (χ1v) is 7.87. The van der Waals surface area contributed by atoms with Crippen molar-refractivity contribution >= 4 is 0 Å². The fourth-order valence-electron chi connectivity index (χ4n) is 4.31. The van der Waals surface area contributed by atoms with E-state index in [-0.39, 0.29) is 5.56 Å². The Bertz CT molecular complexity index is 683. The zero-order valence-electron chi connectivity index (χ0n) is 13.1. The Morgan fingerprint density at radius 1 is 1.48 bits per heavy atom. The van der Waals surface area contributed by atoms with Gasteiger partial charge in [-0.1, -0.05) is 31.1 Å². The number of hydrogen-bond donors (Lipinski definition) is 2. The Balaban J connectivity index is 2.30. The van der Waals surface area contributed by atoms with Gasteiger partial charge in [-0.3, -0.25) is 4.79 Å². The molecule has 0 spiro atoms. The van der Waals surface area contributed by atoms with Gasteiger partial charge in [0.05, 0.1) is 5.54 Å². The van der Waals surface area contributed by atoms with Crippen LogP contribution in [-0.4, -0.2) is 4.98 Å². The van der Waals surface area contributed by atoms with Crippen LogP contribution < -0.4 is 11.3 Å². The van der Waals surface area contributed by atoms with E-state index in [1.54, 1.807) is 6.07 Å². The van der Waals surface area contributed by atoms with Crippen molar-refractivity contribution in [2.75, 3.05) is 0 Å². The average Bonchev–Trinajstić information content (AvgIpc) is 2.42. The lowest BCUT2D eigenvalue weighted by atomic mass is 9.59. The molecule has 2 bridgehead atoms. The van der Waals surface area contributed by atoms with Gasteiger partial charge in [-0.2, -0.15) is 0 Å². The van der Waals surface area contributed by atoms with Crippen LogP contribution in [0.2, 0.25) is 0 Å². The molecule has 3 N–H and O–H groups in total. The van der Waals surface area contributed by atoms with E-state index in [2.05, 4.69) is 37.9 Å². The molecule has 3 atom stereocenters.